The number of benzene rings is 1. The first-order valence-electron chi connectivity index (χ1n) is 12.8. The van der Waals surface area contributed by atoms with Crippen LogP contribution in [0.15, 0.2) is 42.6 Å². The van der Waals surface area contributed by atoms with E-state index in [9.17, 15) is 0 Å². The molecule has 0 N–H and O–H groups in total. The second kappa shape index (κ2) is 12.9. The minimum atomic E-state index is 0.937. The quantitative estimate of drug-likeness (QED) is 0.321. The Morgan fingerprint density at radius 1 is 0.667 bits per heavy atom. The minimum absolute atomic E-state index is 0.937. The number of nitrogens with zero attached hydrogens (tertiary/aromatic N) is 1. The molecule has 1 aliphatic rings. The van der Waals surface area contributed by atoms with Crippen molar-refractivity contribution in [1.82, 2.24) is 4.98 Å². The maximum Gasteiger partial charge on any atom is 0.0702 e. The van der Waals surface area contributed by atoms with Crippen LogP contribution in [0.2, 0.25) is 0 Å². The third kappa shape index (κ3) is 7.56. The molecule has 0 radical (unpaired) electrons. The molecule has 1 heterocycles. The number of aromatic nitrogens is 1. The molecule has 1 fully saturated rings. The van der Waals surface area contributed by atoms with E-state index in [-0.39, 0.29) is 0 Å². The smallest absolute Gasteiger partial charge is 0.0702 e. The third-order valence-electron chi connectivity index (χ3n) is 7.17. The lowest BCUT2D eigenvalue weighted by atomic mass is 9.78. The van der Waals surface area contributed by atoms with Gasteiger partial charge in [-0.3, -0.25) is 4.98 Å². The molecule has 0 bridgehead atoms. The van der Waals surface area contributed by atoms with E-state index in [0.29, 0.717) is 0 Å². The lowest BCUT2D eigenvalue weighted by Gasteiger charge is -2.28. The topological polar surface area (TPSA) is 12.9 Å². The summed E-state index contributed by atoms with van der Waals surface area (Å²) in [5.41, 5.74) is 5.19. The van der Waals surface area contributed by atoms with E-state index < -0.39 is 0 Å². The van der Waals surface area contributed by atoms with Gasteiger partial charge in [0.25, 0.3) is 0 Å². The molecular formula is C29H43N. The lowest BCUT2D eigenvalue weighted by molar-refractivity contribution is 0.249. The van der Waals surface area contributed by atoms with E-state index in [1.54, 1.807) is 0 Å². The fourth-order valence-corrected chi connectivity index (χ4v) is 5.03. The summed E-state index contributed by atoms with van der Waals surface area (Å²) in [6.07, 6.45) is 21.3. The van der Waals surface area contributed by atoms with Crippen LogP contribution in [0.5, 0.6) is 0 Å². The van der Waals surface area contributed by atoms with Crippen LogP contribution in [0.4, 0.5) is 0 Å². The molecule has 1 nitrogen and oxygen atoms in total. The van der Waals surface area contributed by atoms with Crippen molar-refractivity contribution in [2.75, 3.05) is 0 Å². The number of unbranched alkanes of at least 4 members (excludes halogenated alkanes) is 4. The Hall–Kier alpha value is -1.63. The van der Waals surface area contributed by atoms with Crippen molar-refractivity contribution < 1.29 is 0 Å². The maximum absolute atomic E-state index is 4.77. The van der Waals surface area contributed by atoms with Crippen LogP contribution in [0, 0.1) is 11.8 Å². The van der Waals surface area contributed by atoms with Gasteiger partial charge in [-0.25, -0.2) is 0 Å². The number of pyridine rings is 1. The fourth-order valence-electron chi connectivity index (χ4n) is 5.03. The molecule has 1 aromatic heterocycles. The van der Waals surface area contributed by atoms with Crippen LogP contribution in [0.25, 0.3) is 11.3 Å². The predicted molar refractivity (Wildman–Crippen MR) is 131 cm³/mol. The first-order valence-corrected chi connectivity index (χ1v) is 12.8. The molecule has 0 atom stereocenters. The van der Waals surface area contributed by atoms with Crippen LogP contribution in [0.3, 0.4) is 0 Å². The molecule has 2 aromatic rings. The summed E-state index contributed by atoms with van der Waals surface area (Å²) in [6.45, 7) is 4.57. The molecule has 0 spiro atoms. The highest BCUT2D eigenvalue weighted by Crippen LogP contribution is 2.34. The molecule has 164 valence electrons. The Bertz CT molecular complexity index is 692. The SMILES string of the molecule is CCCCCc1ccc(-c2ccc(CCC3CCC(CCCCC)CC3)cn2)cc1. The number of rotatable bonds is 12. The molecule has 0 amide bonds. The molecular weight excluding hydrogens is 362 g/mol. The zero-order valence-corrected chi connectivity index (χ0v) is 19.5. The highest BCUT2D eigenvalue weighted by Gasteiger charge is 2.20. The van der Waals surface area contributed by atoms with Gasteiger partial charge in [-0.2, -0.15) is 0 Å². The monoisotopic (exact) mass is 405 g/mol. The second-order valence-electron chi connectivity index (χ2n) is 9.63. The standard InChI is InChI=1S/C29H43N/c1-3-5-7-9-24-11-13-26(14-12-24)15-16-27-19-22-29(30-23-27)28-20-17-25(18-21-28)10-8-6-4-2/h17-24,26H,3-16H2,1-2H3. The Morgan fingerprint density at radius 3 is 1.93 bits per heavy atom. The number of hydrogen-bond donors (Lipinski definition) is 0. The summed E-state index contributed by atoms with van der Waals surface area (Å²) < 4.78 is 0. The van der Waals surface area contributed by atoms with Crippen molar-refractivity contribution in [3.8, 4) is 11.3 Å². The molecule has 1 saturated carbocycles. The van der Waals surface area contributed by atoms with Crippen molar-refractivity contribution in [2.24, 2.45) is 11.8 Å². The first kappa shape index (κ1) is 23.0. The largest absolute Gasteiger partial charge is 0.256 e. The molecule has 30 heavy (non-hydrogen) atoms. The Kier molecular flexibility index (Phi) is 9.93. The lowest BCUT2D eigenvalue weighted by Crippen LogP contribution is -2.15. The normalized spacial score (nSPS) is 19.1. The fraction of sp³-hybridized carbons (Fsp3) is 0.621. The van der Waals surface area contributed by atoms with E-state index in [0.717, 1.165) is 17.5 Å². The highest BCUT2D eigenvalue weighted by molar-refractivity contribution is 5.59. The van der Waals surface area contributed by atoms with Gasteiger partial charge in [0.15, 0.2) is 0 Å². The van der Waals surface area contributed by atoms with Crippen LogP contribution in [-0.4, -0.2) is 4.98 Å². The summed E-state index contributed by atoms with van der Waals surface area (Å²) >= 11 is 0. The molecule has 1 heteroatoms. The van der Waals surface area contributed by atoms with Gasteiger partial charge in [0.05, 0.1) is 5.69 Å². The Labute approximate surface area is 185 Å². The predicted octanol–water partition coefficient (Wildman–Crippen LogP) is 8.80. The van der Waals surface area contributed by atoms with Crippen molar-refractivity contribution in [3.63, 3.8) is 0 Å². The van der Waals surface area contributed by atoms with Gasteiger partial charge >= 0.3 is 0 Å². The van der Waals surface area contributed by atoms with Gasteiger partial charge in [0.1, 0.15) is 0 Å². The molecule has 3 rings (SSSR count). The highest BCUT2D eigenvalue weighted by atomic mass is 14.7. The van der Waals surface area contributed by atoms with Gasteiger partial charge in [0.2, 0.25) is 0 Å². The summed E-state index contributed by atoms with van der Waals surface area (Å²) in [5.74, 6) is 1.96. The molecule has 1 aromatic carbocycles. The van der Waals surface area contributed by atoms with E-state index in [1.807, 2.05) is 0 Å². The molecule has 0 saturated heterocycles. The van der Waals surface area contributed by atoms with Gasteiger partial charge in [-0.05, 0) is 54.7 Å². The van der Waals surface area contributed by atoms with E-state index in [4.69, 9.17) is 4.98 Å². The second-order valence-corrected chi connectivity index (χ2v) is 9.63. The summed E-state index contributed by atoms with van der Waals surface area (Å²) in [4.78, 5) is 4.77. The number of aryl methyl sites for hydroxylation is 2. The maximum atomic E-state index is 4.77. The van der Waals surface area contributed by atoms with Gasteiger partial charge < -0.3 is 0 Å². The molecule has 0 aliphatic heterocycles. The van der Waals surface area contributed by atoms with Crippen LogP contribution >= 0.6 is 0 Å². The number of hydrogen-bond acceptors (Lipinski definition) is 1. The van der Waals surface area contributed by atoms with Crippen molar-refractivity contribution >= 4 is 0 Å². The average molecular weight is 406 g/mol. The van der Waals surface area contributed by atoms with E-state index in [1.165, 1.54) is 107 Å². The average Bonchev–Trinajstić information content (AvgIpc) is 2.80. The zero-order chi connectivity index (χ0) is 21.0. The Balaban J connectivity index is 1.41. The van der Waals surface area contributed by atoms with Gasteiger partial charge in [-0.15, -0.1) is 0 Å². The molecule has 1 aliphatic carbocycles. The van der Waals surface area contributed by atoms with Crippen molar-refractivity contribution in [2.45, 2.75) is 104 Å². The first-order chi connectivity index (χ1) is 14.8. The Morgan fingerprint density at radius 2 is 1.30 bits per heavy atom. The third-order valence-corrected chi connectivity index (χ3v) is 7.17. The van der Waals surface area contributed by atoms with E-state index in [2.05, 4.69) is 56.4 Å². The van der Waals surface area contributed by atoms with Crippen LogP contribution in [0.1, 0.15) is 102 Å². The van der Waals surface area contributed by atoms with Crippen molar-refractivity contribution in [3.05, 3.63) is 53.7 Å². The summed E-state index contributed by atoms with van der Waals surface area (Å²) in [7, 11) is 0. The van der Waals surface area contributed by atoms with Crippen molar-refractivity contribution in [1.29, 1.82) is 0 Å². The van der Waals surface area contributed by atoms with Gasteiger partial charge in [0, 0.05) is 11.8 Å². The summed E-state index contributed by atoms with van der Waals surface area (Å²) in [6, 6.07) is 13.5. The van der Waals surface area contributed by atoms with Crippen LogP contribution in [-0.2, 0) is 12.8 Å². The van der Waals surface area contributed by atoms with E-state index >= 15 is 0 Å². The zero-order valence-electron chi connectivity index (χ0n) is 19.5. The summed E-state index contributed by atoms with van der Waals surface area (Å²) in [5, 5.41) is 0. The van der Waals surface area contributed by atoms with Gasteiger partial charge in [-0.1, -0.05) is 108 Å². The molecule has 0 unspecified atom stereocenters. The van der Waals surface area contributed by atoms with Crippen LogP contribution < -0.4 is 0 Å². The minimum Gasteiger partial charge on any atom is -0.256 e.